The van der Waals surface area contributed by atoms with E-state index < -0.39 is 10.7 Å². The fraction of sp³-hybridized carbons (Fsp3) is 0.231. The van der Waals surface area contributed by atoms with E-state index in [-0.39, 0.29) is 5.69 Å². The minimum Gasteiger partial charge on any atom is -0.364 e. The van der Waals surface area contributed by atoms with Crippen molar-refractivity contribution in [2.45, 2.75) is 13.5 Å². The fourth-order valence-corrected chi connectivity index (χ4v) is 2.79. The highest BCUT2D eigenvalue weighted by atomic mass is 32.1. The summed E-state index contributed by atoms with van der Waals surface area (Å²) in [6.45, 7) is 2.56. The number of thiophene rings is 1. The molecule has 0 amide bonds. The summed E-state index contributed by atoms with van der Waals surface area (Å²) in [5, 5.41) is 12.9. The molecular formula is C13H13FN2O2S. The molecule has 0 aliphatic heterocycles. The number of aryl methyl sites for hydroxylation is 1. The van der Waals surface area contributed by atoms with Gasteiger partial charge in [-0.2, -0.15) is 0 Å². The number of hydrogen-bond donors (Lipinski definition) is 0. The van der Waals surface area contributed by atoms with E-state index >= 15 is 0 Å². The Labute approximate surface area is 114 Å². The molecule has 0 radical (unpaired) electrons. The largest absolute Gasteiger partial charge is 0.364 e. The van der Waals surface area contributed by atoms with Gasteiger partial charge in [-0.1, -0.05) is 0 Å². The molecule has 0 unspecified atom stereocenters. The van der Waals surface area contributed by atoms with Crippen LogP contribution in [0.15, 0.2) is 29.6 Å². The lowest BCUT2D eigenvalue weighted by molar-refractivity contribution is -0.384. The van der Waals surface area contributed by atoms with Crippen LogP contribution in [0.4, 0.5) is 15.8 Å². The lowest BCUT2D eigenvalue weighted by atomic mass is 10.2. The summed E-state index contributed by atoms with van der Waals surface area (Å²) in [5.41, 5.74) is 1.36. The molecule has 0 saturated carbocycles. The van der Waals surface area contributed by atoms with Gasteiger partial charge in [-0.15, -0.1) is 11.3 Å². The van der Waals surface area contributed by atoms with Crippen molar-refractivity contribution in [3.05, 3.63) is 56.0 Å². The van der Waals surface area contributed by atoms with Crippen molar-refractivity contribution >= 4 is 22.7 Å². The number of rotatable bonds is 4. The van der Waals surface area contributed by atoms with Gasteiger partial charge in [-0.05, 0) is 36.1 Å². The van der Waals surface area contributed by atoms with Crippen molar-refractivity contribution in [2.24, 2.45) is 0 Å². The molecule has 1 aromatic carbocycles. The molecule has 0 aliphatic rings. The van der Waals surface area contributed by atoms with Gasteiger partial charge in [0.25, 0.3) is 5.69 Å². The molecule has 19 heavy (non-hydrogen) atoms. The minimum absolute atomic E-state index is 0.211. The Morgan fingerprint density at radius 3 is 2.74 bits per heavy atom. The molecule has 6 heteroatoms. The zero-order valence-corrected chi connectivity index (χ0v) is 11.4. The first-order valence-corrected chi connectivity index (χ1v) is 6.55. The lowest BCUT2D eigenvalue weighted by Gasteiger charge is -2.18. The summed E-state index contributed by atoms with van der Waals surface area (Å²) in [5.74, 6) is -0.601. The molecule has 0 atom stereocenters. The summed E-state index contributed by atoms with van der Waals surface area (Å²) in [4.78, 5) is 13.3. The van der Waals surface area contributed by atoms with Gasteiger partial charge >= 0.3 is 0 Å². The van der Waals surface area contributed by atoms with Gasteiger partial charge in [0.15, 0.2) is 0 Å². The van der Waals surface area contributed by atoms with Gasteiger partial charge in [0.1, 0.15) is 11.5 Å². The summed E-state index contributed by atoms with van der Waals surface area (Å²) in [7, 11) is 1.76. The van der Waals surface area contributed by atoms with Crippen molar-refractivity contribution in [1.82, 2.24) is 0 Å². The molecule has 100 valence electrons. The Balaban J connectivity index is 2.31. The van der Waals surface area contributed by atoms with Crippen LogP contribution in [0.2, 0.25) is 0 Å². The van der Waals surface area contributed by atoms with Crippen molar-refractivity contribution in [3.63, 3.8) is 0 Å². The normalized spacial score (nSPS) is 10.5. The second kappa shape index (κ2) is 5.36. The number of anilines is 1. The number of nitro benzene ring substituents is 1. The zero-order valence-electron chi connectivity index (χ0n) is 10.6. The zero-order chi connectivity index (χ0) is 14.0. The van der Waals surface area contributed by atoms with Gasteiger partial charge in [0, 0.05) is 11.9 Å². The Morgan fingerprint density at radius 1 is 1.42 bits per heavy atom. The highest BCUT2D eigenvalue weighted by molar-refractivity contribution is 7.10. The van der Waals surface area contributed by atoms with Crippen LogP contribution in [0, 0.1) is 22.9 Å². The van der Waals surface area contributed by atoms with E-state index in [9.17, 15) is 14.5 Å². The predicted octanol–water partition coefficient (Wildman–Crippen LogP) is 3.74. The highest BCUT2D eigenvalue weighted by Gasteiger charge is 2.18. The van der Waals surface area contributed by atoms with Crippen molar-refractivity contribution < 1.29 is 9.31 Å². The number of nitrogens with zero attached hydrogens (tertiary/aromatic N) is 2. The van der Waals surface area contributed by atoms with Crippen LogP contribution in [0.5, 0.6) is 0 Å². The van der Waals surface area contributed by atoms with Gasteiger partial charge < -0.3 is 4.90 Å². The van der Waals surface area contributed by atoms with E-state index in [2.05, 4.69) is 0 Å². The third-order valence-electron chi connectivity index (χ3n) is 2.89. The van der Waals surface area contributed by atoms with Crippen LogP contribution < -0.4 is 4.90 Å². The first-order chi connectivity index (χ1) is 8.99. The number of hydrogen-bond acceptors (Lipinski definition) is 4. The predicted molar refractivity (Wildman–Crippen MR) is 74.2 cm³/mol. The van der Waals surface area contributed by atoms with Crippen LogP contribution in [0.1, 0.15) is 10.4 Å². The van der Waals surface area contributed by atoms with E-state index in [0.717, 1.165) is 16.5 Å². The van der Waals surface area contributed by atoms with Gasteiger partial charge in [-0.3, -0.25) is 10.1 Å². The molecule has 0 aliphatic carbocycles. The smallest absolute Gasteiger partial charge is 0.295 e. The maximum Gasteiger partial charge on any atom is 0.295 e. The monoisotopic (exact) mass is 280 g/mol. The third kappa shape index (κ3) is 2.90. The van der Waals surface area contributed by atoms with Gasteiger partial charge in [0.2, 0.25) is 0 Å². The first kappa shape index (κ1) is 13.5. The van der Waals surface area contributed by atoms with Crippen molar-refractivity contribution in [1.29, 1.82) is 0 Å². The van der Waals surface area contributed by atoms with Crippen LogP contribution in [-0.4, -0.2) is 12.0 Å². The number of nitro groups is 1. The standard InChI is InChI=1S/C13H13FN2O2S/c1-9-5-6-19-13(9)8-15(2)11-4-3-10(14)7-12(11)16(17)18/h3-7H,8H2,1-2H3. The molecule has 2 rings (SSSR count). The molecule has 1 aromatic heterocycles. The maximum atomic E-state index is 13.1. The second-order valence-electron chi connectivity index (χ2n) is 4.27. The Morgan fingerprint density at radius 2 is 2.16 bits per heavy atom. The van der Waals surface area contributed by atoms with E-state index in [1.807, 2.05) is 18.4 Å². The maximum absolute atomic E-state index is 13.1. The van der Waals surface area contributed by atoms with Crippen molar-refractivity contribution in [3.8, 4) is 0 Å². The van der Waals surface area contributed by atoms with Crippen LogP contribution in [0.25, 0.3) is 0 Å². The summed E-state index contributed by atoms with van der Waals surface area (Å²) in [6, 6.07) is 5.64. The molecule has 0 bridgehead atoms. The molecule has 0 spiro atoms. The van der Waals surface area contributed by atoms with E-state index in [1.165, 1.54) is 12.1 Å². The van der Waals surface area contributed by atoms with Crippen LogP contribution >= 0.6 is 11.3 Å². The molecular weight excluding hydrogens is 267 g/mol. The minimum atomic E-state index is -0.601. The Kier molecular flexibility index (Phi) is 3.80. The molecule has 0 N–H and O–H groups in total. The molecule has 0 fully saturated rings. The summed E-state index contributed by atoms with van der Waals surface area (Å²) >= 11 is 1.60. The van der Waals surface area contributed by atoms with Crippen LogP contribution in [0.3, 0.4) is 0 Å². The van der Waals surface area contributed by atoms with Crippen molar-refractivity contribution in [2.75, 3.05) is 11.9 Å². The number of halogens is 1. The molecule has 1 heterocycles. The highest BCUT2D eigenvalue weighted by Crippen LogP contribution is 2.30. The summed E-state index contributed by atoms with van der Waals surface area (Å²) in [6.07, 6.45) is 0. The molecule has 4 nitrogen and oxygen atoms in total. The Hall–Kier alpha value is -1.95. The first-order valence-electron chi connectivity index (χ1n) is 5.67. The van der Waals surface area contributed by atoms with Gasteiger partial charge in [-0.25, -0.2) is 4.39 Å². The summed E-state index contributed by atoms with van der Waals surface area (Å²) < 4.78 is 13.1. The average Bonchev–Trinajstić information content (AvgIpc) is 2.74. The molecule has 2 aromatic rings. The van der Waals surface area contributed by atoms with E-state index in [0.29, 0.717) is 12.2 Å². The lowest BCUT2D eigenvalue weighted by Crippen LogP contribution is -2.17. The molecule has 0 saturated heterocycles. The van der Waals surface area contributed by atoms with E-state index in [4.69, 9.17) is 0 Å². The van der Waals surface area contributed by atoms with Crippen LogP contribution in [-0.2, 0) is 6.54 Å². The third-order valence-corrected chi connectivity index (χ3v) is 3.90. The SMILES string of the molecule is Cc1ccsc1CN(C)c1ccc(F)cc1[N+](=O)[O-]. The number of benzene rings is 1. The van der Waals surface area contributed by atoms with E-state index in [1.54, 1.807) is 23.3 Å². The quantitative estimate of drug-likeness (QED) is 0.633. The van der Waals surface area contributed by atoms with Gasteiger partial charge in [0.05, 0.1) is 17.5 Å². The fourth-order valence-electron chi connectivity index (χ4n) is 1.83. The average molecular weight is 280 g/mol. The topological polar surface area (TPSA) is 46.4 Å². The Bertz CT molecular complexity index is 612. The second-order valence-corrected chi connectivity index (χ2v) is 5.27.